The molecule has 0 aromatic rings. The van der Waals surface area contributed by atoms with Gasteiger partial charge >= 0.3 is 6.03 Å². The highest BCUT2D eigenvalue weighted by Gasteiger charge is 2.28. The van der Waals surface area contributed by atoms with Crippen molar-refractivity contribution in [2.24, 2.45) is 0 Å². The van der Waals surface area contributed by atoms with E-state index in [0.29, 0.717) is 0 Å². The van der Waals surface area contributed by atoms with Gasteiger partial charge in [-0.05, 0) is 27.7 Å². The summed E-state index contributed by atoms with van der Waals surface area (Å²) in [4.78, 5) is 13.7. The first-order chi connectivity index (χ1) is 6.52. The lowest BCUT2D eigenvalue weighted by Gasteiger charge is -2.39. The van der Waals surface area contributed by atoms with Gasteiger partial charge in [0.2, 0.25) is 0 Å². The number of nitrogens with one attached hydrogen (secondary N) is 2. The summed E-state index contributed by atoms with van der Waals surface area (Å²) in [6, 6.07) is 0.813. The fraction of sp³-hybridized carbons (Fsp3) is 0.900. The Morgan fingerprint density at radius 3 is 2.29 bits per heavy atom. The third kappa shape index (κ3) is 2.61. The van der Waals surface area contributed by atoms with E-state index in [0.717, 1.165) is 13.1 Å². The molecule has 0 spiro atoms. The van der Waals surface area contributed by atoms with Crippen LogP contribution < -0.4 is 10.6 Å². The van der Waals surface area contributed by atoms with Crippen molar-refractivity contribution in [3.63, 3.8) is 0 Å². The van der Waals surface area contributed by atoms with Crippen LogP contribution in [0.1, 0.15) is 27.7 Å². The van der Waals surface area contributed by atoms with Crippen LogP contribution in [0.5, 0.6) is 0 Å². The van der Waals surface area contributed by atoms with Crippen LogP contribution in [0.3, 0.4) is 0 Å². The predicted molar refractivity (Wildman–Crippen MR) is 57.3 cm³/mol. The van der Waals surface area contributed by atoms with Gasteiger partial charge in [-0.25, -0.2) is 4.79 Å². The summed E-state index contributed by atoms with van der Waals surface area (Å²) in [5, 5.41) is 6.23. The van der Waals surface area contributed by atoms with E-state index in [2.05, 4.69) is 24.5 Å². The van der Waals surface area contributed by atoms with Crippen molar-refractivity contribution in [2.75, 3.05) is 13.1 Å². The SMILES string of the molecule is CC(C)NC(=O)N1C(C)CNCC1C. The van der Waals surface area contributed by atoms with Crippen LogP contribution in [0, 0.1) is 0 Å². The Labute approximate surface area is 86.0 Å². The van der Waals surface area contributed by atoms with Crippen molar-refractivity contribution < 1.29 is 4.79 Å². The van der Waals surface area contributed by atoms with Crippen LogP contribution in [0.4, 0.5) is 4.79 Å². The Bertz CT molecular complexity index is 196. The van der Waals surface area contributed by atoms with E-state index < -0.39 is 0 Å². The number of hydrogen-bond acceptors (Lipinski definition) is 2. The minimum Gasteiger partial charge on any atom is -0.336 e. The van der Waals surface area contributed by atoms with E-state index in [-0.39, 0.29) is 24.2 Å². The molecule has 2 unspecified atom stereocenters. The molecule has 1 rings (SSSR count). The lowest BCUT2D eigenvalue weighted by molar-refractivity contribution is 0.130. The molecule has 0 radical (unpaired) electrons. The van der Waals surface area contributed by atoms with Gasteiger partial charge in [-0.1, -0.05) is 0 Å². The summed E-state index contributed by atoms with van der Waals surface area (Å²) in [6.07, 6.45) is 0. The Morgan fingerprint density at radius 1 is 1.36 bits per heavy atom. The first-order valence-electron chi connectivity index (χ1n) is 5.32. The molecule has 14 heavy (non-hydrogen) atoms. The van der Waals surface area contributed by atoms with Crippen LogP contribution in [0.25, 0.3) is 0 Å². The van der Waals surface area contributed by atoms with Gasteiger partial charge in [0.25, 0.3) is 0 Å². The minimum atomic E-state index is 0.0569. The van der Waals surface area contributed by atoms with Crippen LogP contribution in [-0.2, 0) is 0 Å². The van der Waals surface area contributed by atoms with Gasteiger partial charge in [0.1, 0.15) is 0 Å². The summed E-state index contributed by atoms with van der Waals surface area (Å²) in [5.41, 5.74) is 0. The molecule has 4 heteroatoms. The summed E-state index contributed by atoms with van der Waals surface area (Å²) < 4.78 is 0. The van der Waals surface area contributed by atoms with Crippen LogP contribution >= 0.6 is 0 Å². The molecule has 1 aliphatic rings. The quantitative estimate of drug-likeness (QED) is 0.655. The summed E-state index contributed by atoms with van der Waals surface area (Å²) in [5.74, 6) is 0. The Morgan fingerprint density at radius 2 is 1.86 bits per heavy atom. The Kier molecular flexibility index (Phi) is 3.75. The number of carbonyl (C=O) groups is 1. The van der Waals surface area contributed by atoms with Crippen molar-refractivity contribution in [3.8, 4) is 0 Å². The van der Waals surface area contributed by atoms with E-state index in [1.165, 1.54) is 0 Å². The van der Waals surface area contributed by atoms with Crippen molar-refractivity contribution in [3.05, 3.63) is 0 Å². The number of carbonyl (C=O) groups excluding carboxylic acids is 1. The molecule has 1 aliphatic heterocycles. The van der Waals surface area contributed by atoms with Crippen molar-refractivity contribution in [1.82, 2.24) is 15.5 Å². The topological polar surface area (TPSA) is 44.4 Å². The zero-order chi connectivity index (χ0) is 10.7. The summed E-state index contributed by atoms with van der Waals surface area (Å²) >= 11 is 0. The van der Waals surface area contributed by atoms with Crippen molar-refractivity contribution in [2.45, 2.75) is 45.8 Å². The van der Waals surface area contributed by atoms with E-state index >= 15 is 0 Å². The fourth-order valence-electron chi connectivity index (χ4n) is 1.85. The highest BCUT2D eigenvalue weighted by molar-refractivity contribution is 5.75. The van der Waals surface area contributed by atoms with E-state index in [4.69, 9.17) is 0 Å². The number of piperazine rings is 1. The van der Waals surface area contributed by atoms with E-state index in [1.54, 1.807) is 0 Å². The molecular weight excluding hydrogens is 178 g/mol. The highest BCUT2D eigenvalue weighted by atomic mass is 16.2. The second-order valence-electron chi connectivity index (χ2n) is 4.37. The maximum atomic E-state index is 11.8. The maximum Gasteiger partial charge on any atom is 0.318 e. The number of hydrogen-bond donors (Lipinski definition) is 2. The molecule has 2 amide bonds. The molecule has 0 saturated carbocycles. The third-order valence-corrected chi connectivity index (χ3v) is 2.48. The van der Waals surface area contributed by atoms with Crippen molar-refractivity contribution in [1.29, 1.82) is 0 Å². The molecule has 0 aromatic heterocycles. The van der Waals surface area contributed by atoms with Gasteiger partial charge in [-0.15, -0.1) is 0 Å². The van der Waals surface area contributed by atoms with Gasteiger partial charge in [-0.2, -0.15) is 0 Å². The molecule has 1 saturated heterocycles. The van der Waals surface area contributed by atoms with Crippen LogP contribution in [0.15, 0.2) is 0 Å². The smallest absolute Gasteiger partial charge is 0.318 e. The average molecular weight is 199 g/mol. The molecule has 2 atom stereocenters. The molecule has 1 heterocycles. The predicted octanol–water partition coefficient (Wildman–Crippen LogP) is 0.787. The zero-order valence-electron chi connectivity index (χ0n) is 9.50. The molecule has 0 aromatic carbocycles. The molecule has 0 bridgehead atoms. The first kappa shape index (κ1) is 11.3. The number of rotatable bonds is 1. The molecular formula is C10H21N3O. The first-order valence-corrected chi connectivity index (χ1v) is 5.32. The van der Waals surface area contributed by atoms with Crippen molar-refractivity contribution >= 4 is 6.03 Å². The molecule has 2 N–H and O–H groups in total. The molecule has 82 valence electrons. The zero-order valence-corrected chi connectivity index (χ0v) is 9.50. The third-order valence-electron chi connectivity index (χ3n) is 2.48. The average Bonchev–Trinajstić information content (AvgIpc) is 2.01. The minimum absolute atomic E-state index is 0.0569. The van der Waals surface area contributed by atoms with E-state index in [1.807, 2.05) is 18.7 Å². The lowest BCUT2D eigenvalue weighted by atomic mass is 10.1. The molecule has 4 nitrogen and oxygen atoms in total. The largest absolute Gasteiger partial charge is 0.336 e. The van der Waals surface area contributed by atoms with Gasteiger partial charge in [0, 0.05) is 31.2 Å². The standard InChI is InChI=1S/C10H21N3O/c1-7(2)12-10(14)13-8(3)5-11-6-9(13)4/h7-9,11H,5-6H2,1-4H3,(H,12,14). The van der Waals surface area contributed by atoms with Gasteiger partial charge in [0.05, 0.1) is 0 Å². The molecule has 0 aliphatic carbocycles. The monoisotopic (exact) mass is 199 g/mol. The number of amides is 2. The normalized spacial score (nSPS) is 27.9. The van der Waals surface area contributed by atoms with Crippen LogP contribution in [0.2, 0.25) is 0 Å². The molecule has 1 fully saturated rings. The summed E-state index contributed by atoms with van der Waals surface area (Å²) in [7, 11) is 0. The number of urea groups is 1. The second kappa shape index (κ2) is 4.64. The lowest BCUT2D eigenvalue weighted by Crippen LogP contribution is -2.60. The maximum absolute atomic E-state index is 11.8. The second-order valence-corrected chi connectivity index (χ2v) is 4.37. The number of nitrogens with zero attached hydrogens (tertiary/aromatic N) is 1. The van der Waals surface area contributed by atoms with Gasteiger partial charge < -0.3 is 15.5 Å². The Hall–Kier alpha value is -0.770. The van der Waals surface area contributed by atoms with E-state index in [9.17, 15) is 4.79 Å². The van der Waals surface area contributed by atoms with Gasteiger partial charge in [-0.3, -0.25) is 0 Å². The van der Waals surface area contributed by atoms with Gasteiger partial charge in [0.15, 0.2) is 0 Å². The fourth-order valence-corrected chi connectivity index (χ4v) is 1.85. The summed E-state index contributed by atoms with van der Waals surface area (Å²) in [6.45, 7) is 9.88. The Balaban J connectivity index is 2.58. The highest BCUT2D eigenvalue weighted by Crippen LogP contribution is 2.09. The van der Waals surface area contributed by atoms with Crippen LogP contribution in [-0.4, -0.2) is 42.1 Å².